The third-order valence-electron chi connectivity index (χ3n) is 6.83. The number of aliphatic carboxylic acids is 1. The molecule has 0 aliphatic carbocycles. The van der Waals surface area contributed by atoms with Gasteiger partial charge in [0, 0.05) is 28.8 Å². The van der Waals surface area contributed by atoms with Crippen molar-refractivity contribution < 1.29 is 37.9 Å². The monoisotopic (exact) mass is 632 g/mol. The summed E-state index contributed by atoms with van der Waals surface area (Å²) in [7, 11) is -3.85. The lowest BCUT2D eigenvalue weighted by Gasteiger charge is -2.48. The second-order valence-electron chi connectivity index (χ2n) is 13.4. The molecule has 2 rings (SSSR count). The van der Waals surface area contributed by atoms with Crippen molar-refractivity contribution in [1.82, 2.24) is 5.06 Å². The summed E-state index contributed by atoms with van der Waals surface area (Å²) in [6, 6.07) is 15.3. The fourth-order valence-corrected chi connectivity index (χ4v) is 7.31. The first-order valence-corrected chi connectivity index (χ1v) is 16.5. The van der Waals surface area contributed by atoms with E-state index in [2.05, 4.69) is 5.32 Å². The van der Waals surface area contributed by atoms with Gasteiger partial charge >= 0.3 is 13.6 Å². The largest absolute Gasteiger partial charge is 0.481 e. The van der Waals surface area contributed by atoms with Crippen LogP contribution in [0.1, 0.15) is 91.6 Å². The number of nitrogens with zero attached hydrogens (tertiary/aromatic N) is 1. The van der Waals surface area contributed by atoms with Crippen LogP contribution in [0.25, 0.3) is 0 Å². The fourth-order valence-electron chi connectivity index (χ4n) is 4.63. The maximum Gasteiger partial charge on any atom is 0.350 e. The Balaban J connectivity index is 2.51. The predicted octanol–water partition coefficient (Wildman–Crippen LogP) is 7.40. The summed E-state index contributed by atoms with van der Waals surface area (Å²) < 4.78 is 25.8. The first-order chi connectivity index (χ1) is 20.3. The van der Waals surface area contributed by atoms with Gasteiger partial charge in [0.1, 0.15) is 5.78 Å². The van der Waals surface area contributed by atoms with Crippen LogP contribution in [0.15, 0.2) is 54.6 Å². The fraction of sp³-hybridized carbons (Fsp3) is 0.545. The minimum Gasteiger partial charge on any atom is -0.481 e. The molecule has 11 heteroatoms. The van der Waals surface area contributed by atoms with Crippen molar-refractivity contribution in [2.24, 2.45) is 10.8 Å². The number of nitrogens with one attached hydrogen (secondary N) is 1. The number of carboxylic acids is 1. The highest BCUT2D eigenvalue weighted by molar-refractivity contribution is 7.54. The van der Waals surface area contributed by atoms with E-state index in [0.29, 0.717) is 16.8 Å². The van der Waals surface area contributed by atoms with E-state index >= 15 is 0 Å². The third-order valence-corrected chi connectivity index (χ3v) is 9.65. The van der Waals surface area contributed by atoms with E-state index in [1.54, 1.807) is 62.4 Å². The van der Waals surface area contributed by atoms with Crippen LogP contribution in [0, 0.1) is 10.8 Å². The minimum absolute atomic E-state index is 0.126. The van der Waals surface area contributed by atoms with Crippen LogP contribution in [0.3, 0.4) is 0 Å². The molecule has 0 saturated carbocycles. The molecule has 0 aromatic heterocycles. The van der Waals surface area contributed by atoms with Gasteiger partial charge in [0.25, 0.3) is 5.91 Å². The Hall–Kier alpha value is -2.88. The molecule has 2 atom stereocenters. The van der Waals surface area contributed by atoms with Crippen molar-refractivity contribution in [3.63, 3.8) is 0 Å². The van der Waals surface area contributed by atoms with Gasteiger partial charge in [-0.15, -0.1) is 0 Å². The molecule has 2 aromatic carbocycles. The summed E-state index contributed by atoms with van der Waals surface area (Å²) in [6.07, 6.45) is -1.51. The van der Waals surface area contributed by atoms with Gasteiger partial charge in [-0.3, -0.25) is 23.8 Å². The summed E-state index contributed by atoms with van der Waals surface area (Å²) >= 11 is 0. The summed E-state index contributed by atoms with van der Waals surface area (Å²) in [5.74, 6) is -2.82. The number of anilines is 1. The number of hydroxylamine groups is 2. The molecule has 0 fully saturated rings. The quantitative estimate of drug-likeness (QED) is 0.117. The first-order valence-electron chi connectivity index (χ1n) is 14.9. The van der Waals surface area contributed by atoms with Gasteiger partial charge in [0.2, 0.25) is 0 Å². The Labute approximate surface area is 261 Å². The second kappa shape index (κ2) is 14.9. The Morgan fingerprint density at radius 1 is 0.841 bits per heavy atom. The van der Waals surface area contributed by atoms with Crippen molar-refractivity contribution in [2.45, 2.75) is 93.1 Å². The topological polar surface area (TPSA) is 131 Å². The number of benzene rings is 2. The first kappa shape index (κ1) is 37.3. The number of amides is 1. The molecule has 1 amide bonds. The summed E-state index contributed by atoms with van der Waals surface area (Å²) in [4.78, 5) is 45.3. The molecule has 0 aliphatic rings. The van der Waals surface area contributed by atoms with Gasteiger partial charge in [-0.1, -0.05) is 51.1 Å². The molecule has 0 heterocycles. The molecule has 0 radical (unpaired) electrons. The van der Waals surface area contributed by atoms with E-state index in [4.69, 9.17) is 13.9 Å². The van der Waals surface area contributed by atoms with Crippen LogP contribution in [-0.2, 0) is 28.0 Å². The standard InChI is InChI=1S/C33H49N2O8P/c1-11-41-44(40,42-12-2)29(31(3,4)5)35(32(6,7)8)43-26(22-33(9,10)30(38)39)28(37)34-25-20-18-24(19-21-25)27(36)23-16-14-13-15-17-23/h13-21,26,29H,11-12,22H2,1-10H3,(H,34,37)(H,38,39). The van der Waals surface area contributed by atoms with Gasteiger partial charge in [-0.25, -0.2) is 0 Å². The molecule has 0 aliphatic heterocycles. The molecule has 10 nitrogen and oxygen atoms in total. The highest BCUT2D eigenvalue weighted by Crippen LogP contribution is 2.61. The minimum atomic E-state index is -3.85. The van der Waals surface area contributed by atoms with Crippen molar-refractivity contribution in [2.75, 3.05) is 18.5 Å². The van der Waals surface area contributed by atoms with Crippen molar-refractivity contribution in [3.05, 3.63) is 65.7 Å². The zero-order valence-corrected chi connectivity index (χ0v) is 28.6. The Morgan fingerprint density at radius 3 is 1.77 bits per heavy atom. The van der Waals surface area contributed by atoms with Gasteiger partial charge in [0.15, 0.2) is 11.9 Å². The lowest BCUT2D eigenvalue weighted by atomic mass is 9.86. The lowest BCUT2D eigenvalue weighted by molar-refractivity contribution is -0.264. The van der Waals surface area contributed by atoms with E-state index in [1.165, 1.54) is 18.9 Å². The van der Waals surface area contributed by atoms with Gasteiger partial charge in [-0.05, 0) is 78.1 Å². The van der Waals surface area contributed by atoms with Crippen LogP contribution >= 0.6 is 7.60 Å². The zero-order chi connectivity index (χ0) is 33.5. The normalized spacial score (nSPS) is 14.2. The zero-order valence-electron chi connectivity index (χ0n) is 27.7. The third kappa shape index (κ3) is 9.81. The second-order valence-corrected chi connectivity index (χ2v) is 15.4. The average Bonchev–Trinajstić information content (AvgIpc) is 2.91. The Morgan fingerprint density at radius 2 is 1.34 bits per heavy atom. The maximum absolute atomic E-state index is 14.3. The summed E-state index contributed by atoms with van der Waals surface area (Å²) in [6.45, 7) is 17.9. The Kier molecular flexibility index (Phi) is 12.7. The van der Waals surface area contributed by atoms with E-state index < -0.39 is 47.7 Å². The maximum atomic E-state index is 14.3. The highest BCUT2D eigenvalue weighted by Gasteiger charge is 2.52. The van der Waals surface area contributed by atoms with Gasteiger partial charge in [-0.2, -0.15) is 5.06 Å². The molecule has 2 unspecified atom stereocenters. The molecule has 2 N–H and O–H groups in total. The van der Waals surface area contributed by atoms with Gasteiger partial charge < -0.3 is 19.5 Å². The smallest absolute Gasteiger partial charge is 0.350 e. The molecule has 0 bridgehead atoms. The molecular formula is C33H49N2O8P. The molecular weight excluding hydrogens is 583 g/mol. The van der Waals surface area contributed by atoms with E-state index in [9.17, 15) is 24.1 Å². The van der Waals surface area contributed by atoms with Gasteiger partial charge in [0.05, 0.1) is 18.6 Å². The number of ketones is 1. The number of rotatable bonds is 15. The van der Waals surface area contributed by atoms with E-state index in [1.807, 2.05) is 47.6 Å². The van der Waals surface area contributed by atoms with E-state index in [-0.39, 0.29) is 25.4 Å². The molecule has 2 aromatic rings. The average molecular weight is 633 g/mol. The molecule has 0 spiro atoms. The number of carbonyl (C=O) groups excluding carboxylic acids is 2. The number of hydrogen-bond acceptors (Lipinski definition) is 8. The van der Waals surface area contributed by atoms with Crippen LogP contribution in [0.2, 0.25) is 0 Å². The summed E-state index contributed by atoms with van der Waals surface area (Å²) in [5, 5.41) is 14.2. The van der Waals surface area contributed by atoms with Crippen molar-refractivity contribution in [3.8, 4) is 0 Å². The van der Waals surface area contributed by atoms with Crippen LogP contribution < -0.4 is 5.32 Å². The Bertz CT molecular complexity index is 1300. The number of carboxylic acid groups (broad SMARTS) is 1. The number of carbonyl (C=O) groups is 3. The molecule has 244 valence electrons. The van der Waals surface area contributed by atoms with Crippen molar-refractivity contribution >= 4 is 30.9 Å². The van der Waals surface area contributed by atoms with Crippen LogP contribution in [0.4, 0.5) is 5.69 Å². The predicted molar refractivity (Wildman–Crippen MR) is 172 cm³/mol. The summed E-state index contributed by atoms with van der Waals surface area (Å²) in [5.41, 5.74) is -1.52. The van der Waals surface area contributed by atoms with Crippen LogP contribution in [-0.4, -0.2) is 58.5 Å². The molecule has 44 heavy (non-hydrogen) atoms. The highest BCUT2D eigenvalue weighted by atomic mass is 31.2. The molecule has 0 saturated heterocycles. The van der Waals surface area contributed by atoms with Crippen LogP contribution in [0.5, 0.6) is 0 Å². The lowest BCUT2D eigenvalue weighted by Crippen LogP contribution is -2.56. The van der Waals surface area contributed by atoms with Crippen molar-refractivity contribution in [1.29, 1.82) is 0 Å². The number of hydrogen-bond donors (Lipinski definition) is 2. The van der Waals surface area contributed by atoms with E-state index in [0.717, 1.165) is 0 Å². The SMILES string of the molecule is CCOP(=O)(OCC)C(N(OC(CC(C)(C)C(=O)O)C(=O)Nc1ccc(C(=O)c2ccccc2)cc1)C(C)(C)C)C(C)(C)C.